The average Bonchev–Trinajstić information content (AvgIpc) is 3.24. The number of alkyl halides is 1. The Labute approximate surface area is 119 Å². The van der Waals surface area contributed by atoms with E-state index in [1.54, 1.807) is 0 Å². The van der Waals surface area contributed by atoms with E-state index in [0.717, 1.165) is 12.1 Å². The molecule has 2 heteroatoms. The van der Waals surface area contributed by atoms with Crippen molar-refractivity contribution in [2.45, 2.75) is 37.0 Å². The third-order valence-corrected chi connectivity index (χ3v) is 4.80. The number of aryl methyl sites for hydroxylation is 1. The van der Waals surface area contributed by atoms with Gasteiger partial charge in [-0.1, -0.05) is 36.4 Å². The van der Waals surface area contributed by atoms with Crippen molar-refractivity contribution in [3.8, 4) is 0 Å². The van der Waals surface area contributed by atoms with Gasteiger partial charge in [0.2, 0.25) is 0 Å². The van der Waals surface area contributed by atoms with E-state index >= 15 is 0 Å². The molecule has 0 saturated heterocycles. The molecule has 1 heterocycles. The van der Waals surface area contributed by atoms with Crippen LogP contribution < -0.4 is 0 Å². The van der Waals surface area contributed by atoms with Gasteiger partial charge in [-0.05, 0) is 37.0 Å². The van der Waals surface area contributed by atoms with Crippen molar-refractivity contribution >= 4 is 11.6 Å². The smallest absolute Gasteiger partial charge is 0.0488 e. The molecule has 98 valence electrons. The van der Waals surface area contributed by atoms with Crippen LogP contribution in [0.15, 0.2) is 48.7 Å². The fraction of sp³-hybridized carbons (Fsp3) is 0.353. The molecule has 1 atom stereocenters. The van der Waals surface area contributed by atoms with E-state index in [0.29, 0.717) is 0 Å². The van der Waals surface area contributed by atoms with E-state index in [1.165, 1.54) is 24.0 Å². The number of nitrogens with zero attached hydrogens (tertiary/aromatic N) is 1. The van der Waals surface area contributed by atoms with Crippen molar-refractivity contribution in [2.24, 2.45) is 0 Å². The van der Waals surface area contributed by atoms with Gasteiger partial charge < -0.3 is 0 Å². The summed E-state index contributed by atoms with van der Waals surface area (Å²) in [6.07, 6.45) is 5.09. The lowest BCUT2D eigenvalue weighted by atomic mass is 9.89. The van der Waals surface area contributed by atoms with E-state index in [4.69, 9.17) is 11.6 Å². The topological polar surface area (TPSA) is 12.9 Å². The van der Waals surface area contributed by atoms with Crippen LogP contribution in [-0.4, -0.2) is 10.4 Å². The Morgan fingerprint density at radius 3 is 2.53 bits per heavy atom. The first-order valence-electron chi connectivity index (χ1n) is 6.82. The van der Waals surface area contributed by atoms with Gasteiger partial charge in [0.15, 0.2) is 0 Å². The van der Waals surface area contributed by atoms with Crippen molar-refractivity contribution in [3.63, 3.8) is 0 Å². The van der Waals surface area contributed by atoms with Crippen LogP contribution in [0.1, 0.15) is 29.7 Å². The fourth-order valence-corrected chi connectivity index (χ4v) is 3.28. The summed E-state index contributed by atoms with van der Waals surface area (Å²) in [5.41, 5.74) is 3.91. The van der Waals surface area contributed by atoms with Crippen LogP contribution in [0, 0.1) is 6.92 Å². The third-order valence-electron chi connectivity index (χ3n) is 4.23. The zero-order valence-corrected chi connectivity index (χ0v) is 11.9. The van der Waals surface area contributed by atoms with Crippen molar-refractivity contribution in [3.05, 3.63) is 65.5 Å². The second-order valence-corrected chi connectivity index (χ2v) is 5.99. The SMILES string of the molecule is Cc1cccnc1CC(Cl)C1(c2ccccc2)CC1. The summed E-state index contributed by atoms with van der Waals surface area (Å²) in [6, 6.07) is 14.8. The molecule has 1 aromatic heterocycles. The Kier molecular flexibility index (Phi) is 3.32. The maximum atomic E-state index is 6.74. The van der Waals surface area contributed by atoms with Crippen LogP contribution in [0.4, 0.5) is 0 Å². The highest BCUT2D eigenvalue weighted by Crippen LogP contribution is 2.53. The molecule has 1 aliphatic carbocycles. The Balaban J connectivity index is 1.82. The van der Waals surface area contributed by atoms with Crippen molar-refractivity contribution in [2.75, 3.05) is 0 Å². The van der Waals surface area contributed by atoms with E-state index in [2.05, 4.69) is 48.3 Å². The highest BCUT2D eigenvalue weighted by atomic mass is 35.5. The van der Waals surface area contributed by atoms with Gasteiger partial charge in [-0.2, -0.15) is 0 Å². The first kappa shape index (κ1) is 12.7. The van der Waals surface area contributed by atoms with E-state index in [9.17, 15) is 0 Å². The standard InChI is InChI=1S/C17H18ClN/c1-13-6-5-11-19-15(13)12-16(18)17(9-10-17)14-7-3-2-4-8-14/h2-8,11,16H,9-10,12H2,1H3. The van der Waals surface area contributed by atoms with Crippen molar-refractivity contribution < 1.29 is 0 Å². The summed E-state index contributed by atoms with van der Waals surface area (Å²) >= 11 is 6.74. The summed E-state index contributed by atoms with van der Waals surface area (Å²) in [5.74, 6) is 0. The molecule has 0 N–H and O–H groups in total. The van der Waals surface area contributed by atoms with Gasteiger partial charge in [-0.15, -0.1) is 11.6 Å². The molecule has 2 aromatic rings. The van der Waals surface area contributed by atoms with E-state index in [1.807, 2.05) is 12.3 Å². The maximum Gasteiger partial charge on any atom is 0.0488 e. The number of benzene rings is 1. The van der Waals surface area contributed by atoms with Crippen LogP contribution >= 0.6 is 11.6 Å². The van der Waals surface area contributed by atoms with Gasteiger partial charge in [0.05, 0.1) is 0 Å². The minimum Gasteiger partial charge on any atom is -0.261 e. The van der Waals surface area contributed by atoms with Crippen LogP contribution in [-0.2, 0) is 11.8 Å². The molecular formula is C17H18ClN. The molecule has 0 aliphatic heterocycles. The molecule has 0 radical (unpaired) electrons. The zero-order valence-electron chi connectivity index (χ0n) is 11.1. The molecule has 1 fully saturated rings. The molecule has 0 spiro atoms. The number of aromatic nitrogens is 1. The fourth-order valence-electron chi connectivity index (χ4n) is 2.78. The second kappa shape index (κ2) is 4.97. The van der Waals surface area contributed by atoms with Gasteiger partial charge in [0.1, 0.15) is 0 Å². The van der Waals surface area contributed by atoms with E-state index in [-0.39, 0.29) is 10.8 Å². The summed E-state index contributed by atoms with van der Waals surface area (Å²) in [7, 11) is 0. The van der Waals surface area contributed by atoms with Gasteiger partial charge >= 0.3 is 0 Å². The predicted molar refractivity (Wildman–Crippen MR) is 79.7 cm³/mol. The molecule has 1 saturated carbocycles. The first-order valence-corrected chi connectivity index (χ1v) is 7.26. The minimum atomic E-state index is 0.128. The van der Waals surface area contributed by atoms with Crippen LogP contribution in [0.5, 0.6) is 0 Å². The Hall–Kier alpha value is -1.34. The zero-order chi connectivity index (χ0) is 13.3. The van der Waals surface area contributed by atoms with Crippen LogP contribution in [0.3, 0.4) is 0 Å². The first-order chi connectivity index (χ1) is 9.22. The Bertz CT molecular complexity index is 560. The molecular weight excluding hydrogens is 254 g/mol. The normalized spacial score (nSPS) is 18.0. The lowest BCUT2D eigenvalue weighted by Gasteiger charge is -2.22. The summed E-state index contributed by atoms with van der Waals surface area (Å²) in [6.45, 7) is 2.11. The van der Waals surface area contributed by atoms with Gasteiger partial charge in [0.25, 0.3) is 0 Å². The lowest BCUT2D eigenvalue weighted by Crippen LogP contribution is -2.24. The Morgan fingerprint density at radius 2 is 1.89 bits per heavy atom. The highest BCUT2D eigenvalue weighted by Gasteiger charge is 2.49. The average molecular weight is 272 g/mol. The Morgan fingerprint density at radius 1 is 1.16 bits per heavy atom. The van der Waals surface area contributed by atoms with Gasteiger partial charge in [-0.3, -0.25) is 4.98 Å². The molecule has 1 aromatic carbocycles. The summed E-state index contributed by atoms with van der Waals surface area (Å²) in [4.78, 5) is 4.47. The molecule has 1 unspecified atom stereocenters. The van der Waals surface area contributed by atoms with Gasteiger partial charge in [0, 0.05) is 29.1 Å². The van der Waals surface area contributed by atoms with Gasteiger partial charge in [-0.25, -0.2) is 0 Å². The molecule has 1 nitrogen and oxygen atoms in total. The quantitative estimate of drug-likeness (QED) is 0.757. The third kappa shape index (κ3) is 2.40. The van der Waals surface area contributed by atoms with Crippen LogP contribution in [0.25, 0.3) is 0 Å². The summed E-state index contributed by atoms with van der Waals surface area (Å²) in [5, 5.41) is 0.128. The minimum absolute atomic E-state index is 0.128. The van der Waals surface area contributed by atoms with Crippen molar-refractivity contribution in [1.82, 2.24) is 4.98 Å². The predicted octanol–water partition coefficient (Wildman–Crippen LogP) is 4.27. The summed E-state index contributed by atoms with van der Waals surface area (Å²) < 4.78 is 0. The number of hydrogen-bond acceptors (Lipinski definition) is 1. The molecule has 1 aliphatic rings. The number of pyridine rings is 1. The highest BCUT2D eigenvalue weighted by molar-refractivity contribution is 6.22. The largest absolute Gasteiger partial charge is 0.261 e. The molecule has 3 rings (SSSR count). The van der Waals surface area contributed by atoms with E-state index < -0.39 is 0 Å². The molecule has 19 heavy (non-hydrogen) atoms. The lowest BCUT2D eigenvalue weighted by molar-refractivity contribution is 0.620. The number of hydrogen-bond donors (Lipinski definition) is 0. The van der Waals surface area contributed by atoms with Crippen molar-refractivity contribution in [1.29, 1.82) is 0 Å². The monoisotopic (exact) mass is 271 g/mol. The number of rotatable bonds is 4. The molecule has 0 bridgehead atoms. The number of halogens is 1. The van der Waals surface area contributed by atoms with Crippen LogP contribution in [0.2, 0.25) is 0 Å². The molecule has 0 amide bonds. The maximum absolute atomic E-state index is 6.74. The second-order valence-electron chi connectivity index (χ2n) is 5.46.